The monoisotopic (exact) mass is 420 g/mol. The first-order chi connectivity index (χ1) is 14.6. The summed E-state index contributed by atoms with van der Waals surface area (Å²) in [6, 6.07) is 12.9. The van der Waals surface area contributed by atoms with Crippen molar-refractivity contribution in [2.24, 2.45) is 5.10 Å². The van der Waals surface area contributed by atoms with Crippen LogP contribution in [0.5, 0.6) is 11.5 Å². The average Bonchev–Trinajstić information content (AvgIpc) is 3.11. The number of aromatic nitrogens is 2. The van der Waals surface area contributed by atoms with E-state index in [1.54, 1.807) is 35.8 Å². The van der Waals surface area contributed by atoms with Crippen LogP contribution in [0.1, 0.15) is 16.7 Å². The fourth-order valence-corrected chi connectivity index (χ4v) is 4.30. The molecule has 3 N–H and O–H groups in total. The molecule has 4 aromatic rings. The van der Waals surface area contributed by atoms with Gasteiger partial charge < -0.3 is 14.9 Å². The quantitative estimate of drug-likeness (QED) is 0.317. The molecule has 0 spiro atoms. The van der Waals surface area contributed by atoms with Gasteiger partial charge in [0.25, 0.3) is 0 Å². The van der Waals surface area contributed by atoms with Gasteiger partial charge in [-0.15, -0.1) is 11.3 Å². The molecule has 0 bridgehead atoms. The lowest BCUT2D eigenvalue weighted by Gasteiger charge is -2.03. The van der Waals surface area contributed by atoms with E-state index in [9.17, 15) is 10.2 Å². The van der Waals surface area contributed by atoms with Crippen LogP contribution in [0.25, 0.3) is 20.7 Å². The number of aryl methyl sites for hydroxylation is 1. The molecule has 0 aliphatic rings. The fraction of sp³-hybridized carbons (Fsp3) is 0.136. The van der Waals surface area contributed by atoms with Crippen LogP contribution in [0.15, 0.2) is 53.9 Å². The van der Waals surface area contributed by atoms with Gasteiger partial charge in [-0.3, -0.25) is 5.43 Å². The number of anilines is 1. The van der Waals surface area contributed by atoms with Gasteiger partial charge in [-0.25, -0.2) is 9.97 Å². The Labute approximate surface area is 177 Å². The maximum atomic E-state index is 9.88. The molecular weight excluding hydrogens is 400 g/mol. The van der Waals surface area contributed by atoms with E-state index in [4.69, 9.17) is 4.74 Å². The molecule has 0 saturated carbocycles. The van der Waals surface area contributed by atoms with E-state index in [1.807, 2.05) is 31.2 Å². The summed E-state index contributed by atoms with van der Waals surface area (Å²) < 4.78 is 5.96. The molecule has 2 aromatic heterocycles. The number of aliphatic hydroxyl groups is 1. The van der Waals surface area contributed by atoms with E-state index < -0.39 is 0 Å². The number of thiophene rings is 1. The number of nitrogens with zero attached hydrogens (tertiary/aromatic N) is 3. The molecule has 0 fully saturated rings. The highest BCUT2D eigenvalue weighted by molar-refractivity contribution is 7.23. The molecule has 0 unspecified atom stereocenters. The van der Waals surface area contributed by atoms with Crippen molar-refractivity contribution in [1.29, 1.82) is 0 Å². The van der Waals surface area contributed by atoms with E-state index in [1.165, 1.54) is 13.4 Å². The van der Waals surface area contributed by atoms with E-state index in [-0.39, 0.29) is 12.4 Å². The normalized spacial score (nSPS) is 11.3. The maximum absolute atomic E-state index is 9.88. The summed E-state index contributed by atoms with van der Waals surface area (Å²) in [5.41, 5.74) is 7.58. The van der Waals surface area contributed by atoms with Crippen molar-refractivity contribution in [2.75, 3.05) is 12.5 Å². The van der Waals surface area contributed by atoms with E-state index in [0.717, 1.165) is 37.3 Å². The Bertz CT molecular complexity index is 1220. The Kier molecular flexibility index (Phi) is 5.60. The molecule has 0 aliphatic carbocycles. The molecule has 30 heavy (non-hydrogen) atoms. The van der Waals surface area contributed by atoms with E-state index in [0.29, 0.717) is 11.6 Å². The molecule has 0 amide bonds. The van der Waals surface area contributed by atoms with Crippen LogP contribution < -0.4 is 10.2 Å². The van der Waals surface area contributed by atoms with Crippen LogP contribution >= 0.6 is 11.3 Å². The lowest BCUT2D eigenvalue weighted by atomic mass is 10.1. The second-order valence-electron chi connectivity index (χ2n) is 6.61. The van der Waals surface area contributed by atoms with Crippen molar-refractivity contribution in [3.8, 4) is 21.9 Å². The number of hydrogen-bond donors (Lipinski definition) is 3. The van der Waals surface area contributed by atoms with Crippen LogP contribution in [0.2, 0.25) is 0 Å². The molecule has 2 heterocycles. The summed E-state index contributed by atoms with van der Waals surface area (Å²) in [5, 5.41) is 23.4. The Morgan fingerprint density at radius 2 is 1.97 bits per heavy atom. The van der Waals surface area contributed by atoms with Crippen molar-refractivity contribution in [3.05, 3.63) is 65.5 Å². The second-order valence-corrected chi connectivity index (χ2v) is 7.63. The predicted molar refractivity (Wildman–Crippen MR) is 119 cm³/mol. The van der Waals surface area contributed by atoms with Gasteiger partial charge in [-0.1, -0.05) is 24.3 Å². The maximum Gasteiger partial charge on any atom is 0.167 e. The van der Waals surface area contributed by atoms with Crippen molar-refractivity contribution in [3.63, 3.8) is 0 Å². The number of hydrogen-bond acceptors (Lipinski definition) is 8. The zero-order valence-corrected chi connectivity index (χ0v) is 17.3. The number of fused-ring (bicyclic) bond motifs is 1. The van der Waals surface area contributed by atoms with Crippen LogP contribution in [-0.2, 0) is 6.61 Å². The largest absolute Gasteiger partial charge is 0.504 e. The number of ether oxygens (including phenoxy) is 1. The summed E-state index contributed by atoms with van der Waals surface area (Å²) in [5.74, 6) is 1.07. The van der Waals surface area contributed by atoms with Crippen molar-refractivity contribution >= 4 is 33.6 Å². The second kappa shape index (κ2) is 8.48. The first-order valence-electron chi connectivity index (χ1n) is 9.21. The lowest BCUT2D eigenvalue weighted by molar-refractivity contribution is 0.282. The topological polar surface area (TPSA) is 99.9 Å². The molecule has 0 atom stereocenters. The van der Waals surface area contributed by atoms with Crippen LogP contribution in [0.3, 0.4) is 0 Å². The number of aromatic hydroxyl groups is 1. The third-order valence-electron chi connectivity index (χ3n) is 4.69. The number of methoxy groups -OCH3 is 1. The Morgan fingerprint density at radius 3 is 2.67 bits per heavy atom. The number of aliphatic hydroxyl groups excluding tert-OH is 1. The van der Waals surface area contributed by atoms with Crippen LogP contribution in [0, 0.1) is 6.92 Å². The standard InChI is InChI=1S/C22H20N4O3S/c1-13-19-21(30-20(13)16-6-3-14(11-27)4-7-16)22(24-12-23-19)26-25-10-15-5-8-18(29-2)17(28)9-15/h3-10,12,27-28H,11H2,1-2H3,(H,23,24,26)/b25-10+. The minimum Gasteiger partial charge on any atom is -0.504 e. The number of rotatable bonds is 6. The van der Waals surface area contributed by atoms with Gasteiger partial charge in [-0.2, -0.15) is 5.10 Å². The van der Waals surface area contributed by atoms with Crippen molar-refractivity contribution < 1.29 is 14.9 Å². The van der Waals surface area contributed by atoms with E-state index >= 15 is 0 Å². The minimum absolute atomic E-state index is 0.0230. The molecule has 8 heteroatoms. The molecule has 4 rings (SSSR count). The molecule has 0 saturated heterocycles. The number of benzene rings is 2. The minimum atomic E-state index is 0.0230. The smallest absolute Gasteiger partial charge is 0.167 e. The lowest BCUT2D eigenvalue weighted by Crippen LogP contribution is -1.95. The number of phenols is 1. The molecule has 7 nitrogen and oxygen atoms in total. The summed E-state index contributed by atoms with van der Waals surface area (Å²) in [7, 11) is 1.50. The van der Waals surface area contributed by atoms with Gasteiger partial charge in [0.05, 0.1) is 30.1 Å². The number of nitrogens with one attached hydrogen (secondary N) is 1. The average molecular weight is 420 g/mol. The van der Waals surface area contributed by atoms with Gasteiger partial charge in [0.2, 0.25) is 0 Å². The van der Waals surface area contributed by atoms with Crippen molar-refractivity contribution in [2.45, 2.75) is 13.5 Å². The Morgan fingerprint density at radius 1 is 1.17 bits per heavy atom. The van der Waals surface area contributed by atoms with Crippen LogP contribution in [0.4, 0.5) is 5.82 Å². The molecule has 2 aromatic carbocycles. The highest BCUT2D eigenvalue weighted by atomic mass is 32.1. The summed E-state index contributed by atoms with van der Waals surface area (Å²) in [4.78, 5) is 9.87. The van der Waals surface area contributed by atoms with Gasteiger partial charge >= 0.3 is 0 Å². The van der Waals surface area contributed by atoms with Crippen LogP contribution in [-0.4, -0.2) is 33.5 Å². The van der Waals surface area contributed by atoms with Gasteiger partial charge in [-0.05, 0) is 47.4 Å². The third kappa shape index (κ3) is 3.83. The summed E-state index contributed by atoms with van der Waals surface area (Å²) in [6.45, 7) is 2.06. The predicted octanol–water partition coefficient (Wildman–Crippen LogP) is 4.32. The van der Waals surface area contributed by atoms with Gasteiger partial charge in [0.1, 0.15) is 6.33 Å². The highest BCUT2D eigenvalue weighted by Gasteiger charge is 2.15. The van der Waals surface area contributed by atoms with E-state index in [2.05, 4.69) is 20.5 Å². The zero-order chi connectivity index (χ0) is 21.1. The zero-order valence-electron chi connectivity index (χ0n) is 16.5. The first-order valence-corrected chi connectivity index (χ1v) is 10.0. The molecule has 0 aliphatic heterocycles. The summed E-state index contributed by atoms with van der Waals surface area (Å²) in [6.07, 6.45) is 3.11. The molecular formula is C22H20N4O3S. The number of hydrazone groups is 1. The molecule has 152 valence electrons. The number of phenolic OH excluding ortho intramolecular Hbond substituents is 1. The molecule has 0 radical (unpaired) electrons. The fourth-order valence-electron chi connectivity index (χ4n) is 3.10. The Balaban J connectivity index is 1.62. The SMILES string of the molecule is COc1ccc(/C=N/Nc2ncnc3c(C)c(-c4ccc(CO)cc4)sc23)cc1O. The Hall–Kier alpha value is -3.49. The third-order valence-corrected chi connectivity index (χ3v) is 6.03. The van der Waals surface area contributed by atoms with Crippen molar-refractivity contribution in [1.82, 2.24) is 9.97 Å². The van der Waals surface area contributed by atoms with Gasteiger partial charge in [0.15, 0.2) is 17.3 Å². The van der Waals surface area contributed by atoms with Gasteiger partial charge in [0, 0.05) is 4.88 Å². The first kappa shape index (κ1) is 19.8. The summed E-state index contributed by atoms with van der Waals surface area (Å²) >= 11 is 1.59. The highest BCUT2D eigenvalue weighted by Crippen LogP contribution is 2.39.